The van der Waals surface area contributed by atoms with Gasteiger partial charge in [0.1, 0.15) is 0 Å². The summed E-state index contributed by atoms with van der Waals surface area (Å²) in [6.07, 6.45) is 3.32. The van der Waals surface area contributed by atoms with Crippen LogP contribution in [-0.2, 0) is 0 Å². The van der Waals surface area contributed by atoms with Gasteiger partial charge >= 0.3 is 5.68 Å². The number of hydrogen-bond donors (Lipinski definition) is 1. The van der Waals surface area contributed by atoms with Crippen LogP contribution in [0.4, 0.5) is 0 Å². The van der Waals surface area contributed by atoms with Gasteiger partial charge in [-0.05, 0) is 12.1 Å². The van der Waals surface area contributed by atoms with Crippen LogP contribution in [-0.4, -0.2) is 9.56 Å². The van der Waals surface area contributed by atoms with Gasteiger partial charge in [0.15, 0.2) is 0 Å². The summed E-state index contributed by atoms with van der Waals surface area (Å²) in [6, 6.07) is 3.69. The van der Waals surface area contributed by atoms with Crippen LogP contribution in [0.3, 0.4) is 0 Å². The smallest absolute Gasteiger partial charge is 0.334 e. The molecule has 0 aliphatic carbocycles. The molecule has 4 heteroatoms. The van der Waals surface area contributed by atoms with Gasteiger partial charge in [-0.15, -0.1) is 0 Å². The minimum Gasteiger partial charge on any atom is -0.334 e. The van der Waals surface area contributed by atoms with Crippen molar-refractivity contribution in [3.05, 3.63) is 30.2 Å². The fraction of sp³-hybridized carbons (Fsp3) is 0. The third kappa shape index (κ3) is 0.621. The van der Waals surface area contributed by atoms with E-state index in [1.54, 1.807) is 12.4 Å². The van der Waals surface area contributed by atoms with Gasteiger partial charge in [0.05, 0.1) is 11.7 Å². The van der Waals surface area contributed by atoms with Crippen molar-refractivity contribution >= 4 is 5.52 Å². The summed E-state index contributed by atoms with van der Waals surface area (Å²) < 4.78 is 6.37. The summed E-state index contributed by atoms with van der Waals surface area (Å²) in [5.74, 6) is 0. The number of nitrogens with zero attached hydrogens (tertiary/aromatic N) is 2. The minimum absolute atomic E-state index is 0.0799. The van der Waals surface area contributed by atoms with Crippen LogP contribution < -0.4 is 5.68 Å². The summed E-state index contributed by atoms with van der Waals surface area (Å²) in [6.45, 7) is 0. The zero-order chi connectivity index (χ0) is 6.97. The highest BCUT2D eigenvalue weighted by atomic mass is 16.5. The molecule has 0 radical (unpaired) electrons. The minimum atomic E-state index is -0.0799. The van der Waals surface area contributed by atoms with Crippen LogP contribution in [0, 0.1) is 5.41 Å². The van der Waals surface area contributed by atoms with E-state index >= 15 is 0 Å². The molecule has 4 nitrogen and oxygen atoms in total. The van der Waals surface area contributed by atoms with Crippen molar-refractivity contribution in [2.75, 3.05) is 0 Å². The Bertz CT molecular complexity index is 400. The van der Waals surface area contributed by atoms with E-state index in [0.29, 0.717) is 0 Å². The lowest BCUT2D eigenvalue weighted by Gasteiger charge is -1.88. The van der Waals surface area contributed by atoms with E-state index in [0.717, 1.165) is 5.52 Å². The van der Waals surface area contributed by atoms with Gasteiger partial charge in [0, 0.05) is 6.20 Å². The quantitative estimate of drug-likeness (QED) is 0.568. The Morgan fingerprint density at radius 2 is 2.50 bits per heavy atom. The van der Waals surface area contributed by atoms with Crippen molar-refractivity contribution in [2.45, 2.75) is 0 Å². The largest absolute Gasteiger partial charge is 0.336 e. The molecule has 0 saturated heterocycles. The van der Waals surface area contributed by atoms with E-state index in [1.165, 1.54) is 4.57 Å². The average molecular weight is 135 g/mol. The van der Waals surface area contributed by atoms with Crippen LogP contribution in [0.1, 0.15) is 0 Å². The second kappa shape index (κ2) is 1.70. The van der Waals surface area contributed by atoms with Gasteiger partial charge in [-0.1, -0.05) is 0 Å². The average Bonchev–Trinajstić information content (AvgIpc) is 2.33. The predicted octanol–water partition coefficient (Wildman–Crippen LogP) is 0.407. The lowest BCUT2D eigenvalue weighted by atomic mass is 10.6. The van der Waals surface area contributed by atoms with Gasteiger partial charge in [-0.25, -0.2) is 10.4 Å². The molecule has 0 atom stereocenters. The topological polar surface area (TPSA) is 54.3 Å². The Hall–Kier alpha value is -1.58. The summed E-state index contributed by atoms with van der Waals surface area (Å²) in [4.78, 5) is 3.66. The summed E-state index contributed by atoms with van der Waals surface area (Å²) in [7, 11) is 0. The third-order valence-electron chi connectivity index (χ3n) is 1.24. The standard InChI is InChI=1S/C6H5N3O/c7-6-8-4-5-2-1-3-9(5)10-6/h1-4,7H. The molecule has 0 aliphatic heterocycles. The summed E-state index contributed by atoms with van der Waals surface area (Å²) in [5, 5.41) is 7.02. The second-order valence-corrected chi connectivity index (χ2v) is 1.91. The molecule has 0 aromatic carbocycles. The number of hydrogen-bond acceptors (Lipinski definition) is 3. The maximum Gasteiger partial charge on any atom is 0.336 e. The highest BCUT2D eigenvalue weighted by Gasteiger charge is 1.90. The molecule has 2 aromatic rings. The van der Waals surface area contributed by atoms with Crippen LogP contribution in [0.15, 0.2) is 29.0 Å². The Morgan fingerprint density at radius 1 is 1.60 bits per heavy atom. The van der Waals surface area contributed by atoms with E-state index in [1.807, 2.05) is 12.1 Å². The number of nitrogens with one attached hydrogen (secondary N) is 1. The summed E-state index contributed by atoms with van der Waals surface area (Å²) >= 11 is 0. The van der Waals surface area contributed by atoms with Crippen molar-refractivity contribution < 1.29 is 4.52 Å². The van der Waals surface area contributed by atoms with Crippen LogP contribution in [0.25, 0.3) is 5.52 Å². The summed E-state index contributed by atoms with van der Waals surface area (Å²) in [5.41, 5.74) is 0.778. The highest BCUT2D eigenvalue weighted by Crippen LogP contribution is 1.97. The van der Waals surface area contributed by atoms with E-state index in [-0.39, 0.29) is 5.68 Å². The lowest BCUT2D eigenvalue weighted by Crippen LogP contribution is -2.05. The van der Waals surface area contributed by atoms with Crippen molar-refractivity contribution in [2.24, 2.45) is 0 Å². The molecule has 2 aromatic heterocycles. The van der Waals surface area contributed by atoms with E-state index in [4.69, 9.17) is 9.93 Å². The van der Waals surface area contributed by atoms with Gasteiger partial charge in [0.25, 0.3) is 0 Å². The SMILES string of the molecule is N=c1ncc2cccn2o1. The second-order valence-electron chi connectivity index (χ2n) is 1.91. The first kappa shape index (κ1) is 5.22. The van der Waals surface area contributed by atoms with Crippen molar-refractivity contribution in [1.82, 2.24) is 9.56 Å². The highest BCUT2D eigenvalue weighted by molar-refractivity contribution is 5.42. The van der Waals surface area contributed by atoms with Crippen molar-refractivity contribution in [3.8, 4) is 0 Å². The number of fused-ring (bicyclic) bond motifs is 1. The van der Waals surface area contributed by atoms with Gasteiger partial charge in [-0.2, -0.15) is 4.57 Å². The van der Waals surface area contributed by atoms with Gasteiger partial charge in [0.2, 0.25) is 0 Å². The first-order valence-corrected chi connectivity index (χ1v) is 2.84. The molecule has 1 N–H and O–H groups in total. The molecular formula is C6H5N3O. The molecule has 0 fully saturated rings. The Morgan fingerprint density at radius 3 is 3.40 bits per heavy atom. The normalized spacial score (nSPS) is 10.4. The van der Waals surface area contributed by atoms with Crippen LogP contribution >= 0.6 is 0 Å². The molecule has 2 rings (SSSR count). The Balaban J connectivity index is 2.99. The fourth-order valence-corrected chi connectivity index (χ4v) is 0.804. The van der Waals surface area contributed by atoms with Crippen LogP contribution in [0.2, 0.25) is 0 Å². The van der Waals surface area contributed by atoms with E-state index < -0.39 is 0 Å². The maximum absolute atomic E-state index is 7.02. The molecule has 0 unspecified atom stereocenters. The van der Waals surface area contributed by atoms with E-state index in [9.17, 15) is 0 Å². The zero-order valence-corrected chi connectivity index (χ0v) is 5.11. The van der Waals surface area contributed by atoms with Crippen molar-refractivity contribution in [1.29, 1.82) is 5.41 Å². The molecule has 2 heterocycles. The first-order valence-electron chi connectivity index (χ1n) is 2.84. The molecule has 0 spiro atoms. The number of rotatable bonds is 0. The molecule has 0 aliphatic rings. The Labute approximate surface area is 56.2 Å². The molecule has 50 valence electrons. The molecule has 0 saturated carbocycles. The number of aromatic nitrogens is 2. The Kier molecular flexibility index (Phi) is 0.887. The first-order chi connectivity index (χ1) is 4.86. The fourth-order valence-electron chi connectivity index (χ4n) is 0.804. The van der Waals surface area contributed by atoms with Crippen LogP contribution in [0.5, 0.6) is 0 Å². The molecule has 10 heavy (non-hydrogen) atoms. The van der Waals surface area contributed by atoms with Gasteiger partial charge < -0.3 is 4.52 Å². The lowest BCUT2D eigenvalue weighted by molar-refractivity contribution is 0.302. The van der Waals surface area contributed by atoms with Gasteiger partial charge in [-0.3, -0.25) is 0 Å². The van der Waals surface area contributed by atoms with Crippen molar-refractivity contribution in [3.63, 3.8) is 0 Å². The molecule has 0 amide bonds. The third-order valence-corrected chi connectivity index (χ3v) is 1.24. The molecule has 0 bridgehead atoms. The zero-order valence-electron chi connectivity index (χ0n) is 5.11. The predicted molar refractivity (Wildman–Crippen MR) is 33.3 cm³/mol. The maximum atomic E-state index is 7.02. The van der Waals surface area contributed by atoms with E-state index in [2.05, 4.69) is 4.98 Å². The molecular weight excluding hydrogens is 130 g/mol. The monoisotopic (exact) mass is 135 g/mol.